The maximum absolute atomic E-state index is 11.5. The average molecular weight is 260 g/mol. The predicted molar refractivity (Wildman–Crippen MR) is 70.0 cm³/mol. The molecule has 0 radical (unpaired) electrons. The van der Waals surface area contributed by atoms with Gasteiger partial charge in [-0.1, -0.05) is 24.2 Å². The fourth-order valence-corrected chi connectivity index (χ4v) is 1.95. The lowest BCUT2D eigenvalue weighted by atomic mass is 10.0. The molecule has 2 aromatic rings. The fraction of sp³-hybridized carbons (Fsp3) is 0.357. The molecular weight excluding hydrogens is 244 g/mol. The Bertz CT molecular complexity index is 578. The quantitative estimate of drug-likeness (QED) is 0.827. The second kappa shape index (κ2) is 5.65. The van der Waals surface area contributed by atoms with Gasteiger partial charge in [0, 0.05) is 0 Å². The third-order valence-corrected chi connectivity index (χ3v) is 2.99. The van der Waals surface area contributed by atoms with Crippen LogP contribution in [0.3, 0.4) is 0 Å². The van der Waals surface area contributed by atoms with Crippen LogP contribution in [0.5, 0.6) is 5.75 Å². The van der Waals surface area contributed by atoms with Gasteiger partial charge < -0.3 is 9.26 Å². The molecule has 100 valence electrons. The van der Waals surface area contributed by atoms with Gasteiger partial charge >= 0.3 is 0 Å². The number of hydrogen-bond donors (Lipinski definition) is 0. The number of para-hydroxylation sites is 1. The van der Waals surface area contributed by atoms with E-state index in [9.17, 15) is 4.79 Å². The Morgan fingerprint density at radius 3 is 2.79 bits per heavy atom. The smallest absolute Gasteiger partial charge is 0.237 e. The number of methoxy groups -OCH3 is 1. The summed E-state index contributed by atoms with van der Waals surface area (Å²) in [6.07, 6.45) is 0.642. The van der Waals surface area contributed by atoms with Crippen LogP contribution in [-0.2, 0) is 4.79 Å². The van der Waals surface area contributed by atoms with Gasteiger partial charge in [0.25, 0.3) is 0 Å². The first-order chi connectivity index (χ1) is 9.17. The molecule has 19 heavy (non-hydrogen) atoms. The third kappa shape index (κ3) is 2.65. The van der Waals surface area contributed by atoms with E-state index in [2.05, 4.69) is 10.1 Å². The maximum atomic E-state index is 11.5. The van der Waals surface area contributed by atoms with Crippen molar-refractivity contribution in [3.8, 4) is 17.1 Å². The Kier molecular flexibility index (Phi) is 3.94. The summed E-state index contributed by atoms with van der Waals surface area (Å²) >= 11 is 0. The van der Waals surface area contributed by atoms with Crippen LogP contribution >= 0.6 is 0 Å². The number of nitrogens with zero attached hydrogens (tertiary/aromatic N) is 2. The molecule has 1 unspecified atom stereocenters. The minimum atomic E-state index is -0.337. The number of ether oxygens (including phenoxy) is 1. The molecule has 1 aromatic heterocycles. The van der Waals surface area contributed by atoms with E-state index in [0.29, 0.717) is 23.9 Å². The van der Waals surface area contributed by atoms with E-state index in [4.69, 9.17) is 9.26 Å². The molecule has 0 aliphatic rings. The van der Waals surface area contributed by atoms with Crippen molar-refractivity contribution in [3.05, 3.63) is 30.2 Å². The van der Waals surface area contributed by atoms with Crippen molar-refractivity contribution < 1.29 is 14.1 Å². The largest absolute Gasteiger partial charge is 0.496 e. The van der Waals surface area contributed by atoms with E-state index in [1.807, 2.05) is 31.2 Å². The van der Waals surface area contributed by atoms with Gasteiger partial charge in [0.2, 0.25) is 11.7 Å². The highest BCUT2D eigenvalue weighted by Gasteiger charge is 2.22. The van der Waals surface area contributed by atoms with Crippen LogP contribution in [0.4, 0.5) is 0 Å². The normalized spacial score (nSPS) is 12.2. The highest BCUT2D eigenvalue weighted by molar-refractivity contribution is 5.82. The Morgan fingerprint density at radius 2 is 2.16 bits per heavy atom. The van der Waals surface area contributed by atoms with E-state index in [-0.39, 0.29) is 11.7 Å². The summed E-state index contributed by atoms with van der Waals surface area (Å²) in [7, 11) is 1.59. The van der Waals surface area contributed by atoms with Gasteiger partial charge in [0.15, 0.2) is 0 Å². The Hall–Kier alpha value is -2.17. The van der Waals surface area contributed by atoms with Crippen LogP contribution in [0, 0.1) is 0 Å². The number of hydrogen-bond acceptors (Lipinski definition) is 5. The van der Waals surface area contributed by atoms with Crippen LogP contribution in [0.2, 0.25) is 0 Å². The van der Waals surface area contributed by atoms with Gasteiger partial charge in [-0.05, 0) is 25.5 Å². The molecule has 0 fully saturated rings. The molecule has 0 bridgehead atoms. The van der Waals surface area contributed by atoms with Crippen LogP contribution in [0.1, 0.15) is 32.1 Å². The molecule has 0 amide bonds. The minimum Gasteiger partial charge on any atom is -0.496 e. The topological polar surface area (TPSA) is 65.2 Å². The van der Waals surface area contributed by atoms with E-state index in [1.165, 1.54) is 6.92 Å². The number of carbonyl (C=O) groups excluding carboxylic acids is 1. The lowest BCUT2D eigenvalue weighted by Crippen LogP contribution is -2.07. The molecule has 0 aliphatic carbocycles. The molecule has 0 saturated heterocycles. The average Bonchev–Trinajstić information content (AvgIpc) is 2.88. The summed E-state index contributed by atoms with van der Waals surface area (Å²) in [5.41, 5.74) is 0.749. The van der Waals surface area contributed by atoms with Crippen LogP contribution in [0.15, 0.2) is 28.8 Å². The van der Waals surface area contributed by atoms with E-state index in [1.54, 1.807) is 7.11 Å². The summed E-state index contributed by atoms with van der Waals surface area (Å²) in [4.78, 5) is 15.8. The summed E-state index contributed by atoms with van der Waals surface area (Å²) in [5.74, 6) is 1.16. The van der Waals surface area contributed by atoms with Crippen LogP contribution in [0.25, 0.3) is 11.4 Å². The lowest BCUT2D eigenvalue weighted by molar-refractivity contribution is -0.119. The monoisotopic (exact) mass is 260 g/mol. The molecule has 1 aromatic carbocycles. The molecule has 1 heterocycles. The molecule has 2 rings (SSSR count). The first kappa shape index (κ1) is 13.3. The van der Waals surface area contributed by atoms with Gasteiger partial charge in [-0.25, -0.2) is 0 Å². The van der Waals surface area contributed by atoms with Gasteiger partial charge in [0.1, 0.15) is 11.5 Å². The second-order valence-electron chi connectivity index (χ2n) is 4.23. The summed E-state index contributed by atoms with van der Waals surface area (Å²) in [6.45, 7) is 3.44. The number of Topliss-reactive ketones (excluding diaryl/α,β-unsaturated/α-hetero) is 1. The number of ketones is 1. The molecule has 0 spiro atoms. The summed E-state index contributed by atoms with van der Waals surface area (Å²) in [5, 5.41) is 3.93. The SMILES string of the molecule is CCC(C(C)=O)c1nc(-c2ccccc2OC)no1. The van der Waals surface area contributed by atoms with Crippen molar-refractivity contribution in [2.24, 2.45) is 0 Å². The molecule has 5 nitrogen and oxygen atoms in total. The molecule has 1 atom stereocenters. The van der Waals surface area contributed by atoms with Crippen molar-refractivity contribution in [3.63, 3.8) is 0 Å². The predicted octanol–water partition coefficient (Wildman–Crippen LogP) is 2.83. The van der Waals surface area contributed by atoms with E-state index < -0.39 is 0 Å². The number of aromatic nitrogens is 2. The van der Waals surface area contributed by atoms with Crippen molar-refractivity contribution in [1.29, 1.82) is 0 Å². The van der Waals surface area contributed by atoms with Gasteiger partial charge in [-0.3, -0.25) is 4.79 Å². The maximum Gasteiger partial charge on any atom is 0.237 e. The summed E-state index contributed by atoms with van der Waals surface area (Å²) < 4.78 is 10.5. The zero-order chi connectivity index (χ0) is 13.8. The van der Waals surface area contributed by atoms with Crippen LogP contribution < -0.4 is 4.74 Å². The number of carbonyl (C=O) groups is 1. The first-order valence-corrected chi connectivity index (χ1v) is 6.14. The second-order valence-corrected chi connectivity index (χ2v) is 4.23. The van der Waals surface area contributed by atoms with Crippen molar-refractivity contribution in [1.82, 2.24) is 10.1 Å². The Balaban J connectivity index is 2.38. The van der Waals surface area contributed by atoms with E-state index in [0.717, 1.165) is 5.56 Å². The first-order valence-electron chi connectivity index (χ1n) is 6.14. The fourth-order valence-electron chi connectivity index (χ4n) is 1.95. The van der Waals surface area contributed by atoms with Gasteiger partial charge in [-0.15, -0.1) is 0 Å². The van der Waals surface area contributed by atoms with Crippen molar-refractivity contribution in [2.45, 2.75) is 26.2 Å². The zero-order valence-corrected chi connectivity index (χ0v) is 11.2. The van der Waals surface area contributed by atoms with Gasteiger partial charge in [-0.2, -0.15) is 4.98 Å². The Labute approximate surface area is 111 Å². The van der Waals surface area contributed by atoms with Crippen molar-refractivity contribution in [2.75, 3.05) is 7.11 Å². The molecule has 5 heteroatoms. The molecule has 0 N–H and O–H groups in total. The zero-order valence-electron chi connectivity index (χ0n) is 11.2. The van der Waals surface area contributed by atoms with Gasteiger partial charge in [0.05, 0.1) is 18.6 Å². The molecule has 0 aliphatic heterocycles. The summed E-state index contributed by atoms with van der Waals surface area (Å²) in [6, 6.07) is 7.42. The van der Waals surface area contributed by atoms with E-state index >= 15 is 0 Å². The number of benzene rings is 1. The number of rotatable bonds is 5. The molecule has 0 saturated carbocycles. The highest BCUT2D eigenvalue weighted by Crippen LogP contribution is 2.29. The van der Waals surface area contributed by atoms with Crippen molar-refractivity contribution >= 4 is 5.78 Å². The standard InChI is InChI=1S/C14H16N2O3/c1-4-10(9(2)17)14-15-13(16-19-14)11-7-5-6-8-12(11)18-3/h5-8,10H,4H2,1-3H3. The van der Waals surface area contributed by atoms with Crippen LogP contribution in [-0.4, -0.2) is 23.0 Å². The Morgan fingerprint density at radius 1 is 1.42 bits per heavy atom. The lowest BCUT2D eigenvalue weighted by Gasteiger charge is -2.04. The third-order valence-electron chi connectivity index (χ3n) is 2.99. The highest BCUT2D eigenvalue weighted by atomic mass is 16.5. The molecular formula is C14H16N2O3. The minimum absolute atomic E-state index is 0.0257.